The maximum Gasteiger partial charge on any atom is 0.227 e. The highest BCUT2D eigenvalue weighted by atomic mass is 16.2. The summed E-state index contributed by atoms with van der Waals surface area (Å²) in [6.07, 6.45) is -0.00389. The predicted molar refractivity (Wildman–Crippen MR) is 47.8 cm³/mol. The van der Waals surface area contributed by atoms with Crippen LogP contribution in [-0.4, -0.2) is 18.2 Å². The highest BCUT2D eigenvalue weighted by Crippen LogP contribution is 2.10. The highest BCUT2D eigenvalue weighted by molar-refractivity contribution is 5.96. The van der Waals surface area contributed by atoms with Crippen LogP contribution in [0.4, 0.5) is 0 Å². The van der Waals surface area contributed by atoms with Crippen molar-refractivity contribution < 1.29 is 9.59 Å². The molecular weight excluding hydrogens is 154 g/mol. The quantitative estimate of drug-likeness (QED) is 0.647. The molecule has 1 amide bonds. The van der Waals surface area contributed by atoms with Crippen LogP contribution in [0.3, 0.4) is 0 Å². The van der Waals surface area contributed by atoms with E-state index < -0.39 is 0 Å². The second-order valence-electron chi connectivity index (χ2n) is 4.22. The fourth-order valence-corrected chi connectivity index (χ4v) is 0.652. The summed E-state index contributed by atoms with van der Waals surface area (Å²) in [5.74, 6) is -0.279. The SMILES string of the molecule is CC(=O)CC(=O)NCC(C)(C)C. The Balaban J connectivity index is 3.65. The fourth-order valence-electron chi connectivity index (χ4n) is 0.652. The summed E-state index contributed by atoms with van der Waals surface area (Å²) < 4.78 is 0. The molecule has 0 bridgehead atoms. The van der Waals surface area contributed by atoms with Gasteiger partial charge in [-0.15, -0.1) is 0 Å². The van der Waals surface area contributed by atoms with Crippen LogP contribution in [0.5, 0.6) is 0 Å². The van der Waals surface area contributed by atoms with Gasteiger partial charge in [0.15, 0.2) is 0 Å². The molecule has 0 saturated carbocycles. The Morgan fingerprint density at radius 3 is 2.08 bits per heavy atom. The summed E-state index contributed by atoms with van der Waals surface area (Å²) in [5.41, 5.74) is 0.0758. The third-order valence-corrected chi connectivity index (χ3v) is 1.23. The average Bonchev–Trinajstić information content (AvgIpc) is 1.80. The molecule has 0 aliphatic rings. The summed E-state index contributed by atoms with van der Waals surface area (Å²) in [6, 6.07) is 0. The molecule has 70 valence electrons. The molecule has 0 unspecified atom stereocenters. The Kier molecular flexibility index (Phi) is 3.93. The van der Waals surface area contributed by atoms with E-state index in [0.29, 0.717) is 6.54 Å². The van der Waals surface area contributed by atoms with E-state index >= 15 is 0 Å². The zero-order valence-corrected chi connectivity index (χ0v) is 8.23. The van der Waals surface area contributed by atoms with Gasteiger partial charge in [-0.2, -0.15) is 0 Å². The summed E-state index contributed by atoms with van der Waals surface area (Å²) in [4.78, 5) is 21.5. The van der Waals surface area contributed by atoms with Crippen LogP contribution in [0.1, 0.15) is 34.1 Å². The van der Waals surface area contributed by atoms with Gasteiger partial charge < -0.3 is 5.32 Å². The summed E-state index contributed by atoms with van der Waals surface area (Å²) in [5, 5.41) is 2.69. The minimum absolute atomic E-state index is 0.00389. The lowest BCUT2D eigenvalue weighted by atomic mass is 9.97. The molecule has 0 heterocycles. The zero-order valence-electron chi connectivity index (χ0n) is 8.23. The van der Waals surface area contributed by atoms with E-state index in [0.717, 1.165) is 0 Å². The molecule has 0 atom stereocenters. The van der Waals surface area contributed by atoms with Crippen LogP contribution in [0, 0.1) is 5.41 Å². The average molecular weight is 171 g/mol. The highest BCUT2D eigenvalue weighted by Gasteiger charge is 2.12. The molecule has 1 N–H and O–H groups in total. The van der Waals surface area contributed by atoms with Crippen LogP contribution in [0.2, 0.25) is 0 Å². The van der Waals surface area contributed by atoms with E-state index in [-0.39, 0.29) is 23.5 Å². The Morgan fingerprint density at radius 2 is 1.75 bits per heavy atom. The molecule has 3 nitrogen and oxygen atoms in total. The second kappa shape index (κ2) is 4.24. The van der Waals surface area contributed by atoms with E-state index in [1.165, 1.54) is 6.92 Å². The van der Waals surface area contributed by atoms with Gasteiger partial charge in [0, 0.05) is 6.54 Å². The molecule has 0 aliphatic carbocycles. The summed E-state index contributed by atoms with van der Waals surface area (Å²) in [7, 11) is 0. The fraction of sp³-hybridized carbons (Fsp3) is 0.778. The maximum atomic E-state index is 11.0. The van der Waals surface area contributed by atoms with Gasteiger partial charge in [0.25, 0.3) is 0 Å². The predicted octanol–water partition coefficient (Wildman–Crippen LogP) is 1.13. The van der Waals surface area contributed by atoms with Gasteiger partial charge in [0.05, 0.1) is 6.42 Å². The van der Waals surface area contributed by atoms with Crippen LogP contribution in [0.15, 0.2) is 0 Å². The smallest absolute Gasteiger partial charge is 0.227 e. The van der Waals surface area contributed by atoms with Gasteiger partial charge in [0.1, 0.15) is 5.78 Å². The van der Waals surface area contributed by atoms with Crippen LogP contribution in [-0.2, 0) is 9.59 Å². The number of nitrogens with one attached hydrogen (secondary N) is 1. The van der Waals surface area contributed by atoms with E-state index in [2.05, 4.69) is 5.32 Å². The molecule has 0 aromatic heterocycles. The third kappa shape index (κ3) is 7.25. The van der Waals surface area contributed by atoms with Crippen molar-refractivity contribution in [3.05, 3.63) is 0 Å². The number of amides is 1. The molecular formula is C9H17NO2. The molecule has 0 aromatic rings. The largest absolute Gasteiger partial charge is 0.355 e. The minimum atomic E-state index is -0.183. The first-order chi connectivity index (χ1) is 5.31. The molecule has 0 radical (unpaired) electrons. The van der Waals surface area contributed by atoms with Crippen LogP contribution < -0.4 is 5.32 Å². The molecule has 0 spiro atoms. The van der Waals surface area contributed by atoms with Gasteiger partial charge in [-0.25, -0.2) is 0 Å². The van der Waals surface area contributed by atoms with Gasteiger partial charge >= 0.3 is 0 Å². The van der Waals surface area contributed by atoms with Crippen molar-refractivity contribution in [3.8, 4) is 0 Å². The molecule has 0 saturated heterocycles. The Hall–Kier alpha value is -0.860. The van der Waals surface area contributed by atoms with Crippen LogP contribution >= 0.6 is 0 Å². The Morgan fingerprint density at radius 1 is 1.25 bits per heavy atom. The van der Waals surface area contributed by atoms with Crippen molar-refractivity contribution >= 4 is 11.7 Å². The number of hydrogen-bond acceptors (Lipinski definition) is 2. The lowest BCUT2D eigenvalue weighted by molar-refractivity contribution is -0.127. The molecule has 3 heteroatoms. The Labute approximate surface area is 73.5 Å². The summed E-state index contributed by atoms with van der Waals surface area (Å²) >= 11 is 0. The monoisotopic (exact) mass is 171 g/mol. The molecule has 0 rings (SSSR count). The van der Waals surface area contributed by atoms with Crippen LogP contribution in [0.25, 0.3) is 0 Å². The first-order valence-corrected chi connectivity index (χ1v) is 4.07. The van der Waals surface area contributed by atoms with E-state index in [1.54, 1.807) is 0 Å². The third-order valence-electron chi connectivity index (χ3n) is 1.23. The maximum absolute atomic E-state index is 11.0. The normalized spacial score (nSPS) is 11.0. The first-order valence-electron chi connectivity index (χ1n) is 4.07. The molecule has 0 aliphatic heterocycles. The van der Waals surface area contributed by atoms with Gasteiger partial charge in [-0.3, -0.25) is 9.59 Å². The lowest BCUT2D eigenvalue weighted by Gasteiger charge is -2.18. The molecule has 12 heavy (non-hydrogen) atoms. The number of Topliss-reactive ketones (excluding diaryl/α,β-unsaturated/α-hetero) is 1. The minimum Gasteiger partial charge on any atom is -0.355 e. The number of rotatable bonds is 3. The zero-order chi connectivity index (χ0) is 9.78. The van der Waals surface area contributed by atoms with E-state index in [4.69, 9.17) is 0 Å². The van der Waals surface area contributed by atoms with Gasteiger partial charge in [-0.05, 0) is 12.3 Å². The van der Waals surface area contributed by atoms with Crippen molar-refractivity contribution in [2.75, 3.05) is 6.54 Å². The van der Waals surface area contributed by atoms with Crippen molar-refractivity contribution in [2.45, 2.75) is 34.1 Å². The number of carbonyl (C=O) groups excluding carboxylic acids is 2. The van der Waals surface area contributed by atoms with Crippen molar-refractivity contribution in [1.82, 2.24) is 5.32 Å². The van der Waals surface area contributed by atoms with Gasteiger partial charge in [0.2, 0.25) is 5.91 Å². The summed E-state index contributed by atoms with van der Waals surface area (Å²) in [6.45, 7) is 8.11. The first kappa shape index (κ1) is 11.1. The lowest BCUT2D eigenvalue weighted by Crippen LogP contribution is -2.33. The van der Waals surface area contributed by atoms with E-state index in [9.17, 15) is 9.59 Å². The topological polar surface area (TPSA) is 46.2 Å². The van der Waals surface area contributed by atoms with E-state index in [1.807, 2.05) is 20.8 Å². The van der Waals surface area contributed by atoms with Crippen molar-refractivity contribution in [2.24, 2.45) is 5.41 Å². The standard InChI is InChI=1S/C9H17NO2/c1-7(11)5-8(12)10-6-9(2,3)4/h5-6H2,1-4H3,(H,10,12). The molecule has 0 aromatic carbocycles. The van der Waals surface area contributed by atoms with Crippen molar-refractivity contribution in [3.63, 3.8) is 0 Å². The molecule has 0 fully saturated rings. The number of hydrogen-bond donors (Lipinski definition) is 1. The van der Waals surface area contributed by atoms with Crippen molar-refractivity contribution in [1.29, 1.82) is 0 Å². The second-order valence-corrected chi connectivity index (χ2v) is 4.22. The van der Waals surface area contributed by atoms with Gasteiger partial charge in [-0.1, -0.05) is 20.8 Å². The Bertz CT molecular complexity index is 179. The number of carbonyl (C=O) groups is 2. The number of ketones is 1.